The van der Waals surface area contributed by atoms with E-state index in [0.717, 1.165) is 11.8 Å². The SMILES string of the molecule is COc1ccc2c(Oc3ccc(NC(=O)/C(C=O)=C(\C)N(CCN)Nc4ccccc4)cc3F)ccnc2c1. The number of rotatable bonds is 11. The lowest BCUT2D eigenvalue weighted by Gasteiger charge is -2.27. The van der Waals surface area contributed by atoms with Crippen molar-refractivity contribution in [1.29, 1.82) is 0 Å². The van der Waals surface area contributed by atoms with E-state index in [-0.39, 0.29) is 23.6 Å². The Hall–Kier alpha value is -4.96. The highest BCUT2D eigenvalue weighted by Crippen LogP contribution is 2.33. The van der Waals surface area contributed by atoms with Gasteiger partial charge in [-0.05, 0) is 49.4 Å². The minimum atomic E-state index is -0.699. The number of nitrogens with two attached hydrogens (primary N) is 1. The van der Waals surface area contributed by atoms with Crippen LogP contribution >= 0.6 is 0 Å². The van der Waals surface area contributed by atoms with Gasteiger partial charge in [0.05, 0.1) is 24.9 Å². The summed E-state index contributed by atoms with van der Waals surface area (Å²) in [5.74, 6) is -0.387. The quantitative estimate of drug-likeness (QED) is 0.0828. The van der Waals surface area contributed by atoms with Crippen molar-refractivity contribution in [3.63, 3.8) is 0 Å². The van der Waals surface area contributed by atoms with Crippen LogP contribution < -0.4 is 25.9 Å². The summed E-state index contributed by atoms with van der Waals surface area (Å²) in [5, 5.41) is 4.87. The van der Waals surface area contributed by atoms with Gasteiger partial charge in [-0.2, -0.15) is 0 Å². The normalized spacial score (nSPS) is 11.4. The Kier molecular flexibility index (Phi) is 8.70. The fourth-order valence-electron chi connectivity index (χ4n) is 3.85. The lowest BCUT2D eigenvalue weighted by molar-refractivity contribution is -0.115. The van der Waals surface area contributed by atoms with Crippen molar-refractivity contribution in [2.24, 2.45) is 5.73 Å². The summed E-state index contributed by atoms with van der Waals surface area (Å²) in [7, 11) is 1.56. The van der Waals surface area contributed by atoms with Crippen molar-refractivity contribution in [3.8, 4) is 17.2 Å². The molecule has 0 aliphatic carbocycles. The molecule has 3 aromatic carbocycles. The molecule has 9 nitrogen and oxygen atoms in total. The predicted octanol–water partition coefficient (Wildman–Crippen LogP) is 4.87. The molecule has 0 atom stereocenters. The number of para-hydroxylation sites is 1. The zero-order chi connectivity index (χ0) is 27.8. The molecule has 0 bridgehead atoms. The number of halogens is 1. The van der Waals surface area contributed by atoms with Gasteiger partial charge >= 0.3 is 0 Å². The van der Waals surface area contributed by atoms with Gasteiger partial charge in [0.25, 0.3) is 5.91 Å². The van der Waals surface area contributed by atoms with Crippen LogP contribution in [0.4, 0.5) is 15.8 Å². The van der Waals surface area contributed by atoms with E-state index >= 15 is 0 Å². The standard InChI is InChI=1S/C29H28FN5O4/c1-19(35(15-13-31)34-20-6-4-3-5-7-20)24(18-36)29(37)33-21-8-11-28(25(30)16-21)39-27-12-14-32-26-17-22(38-2)9-10-23(26)27/h3-12,14,16-18,34H,13,15,31H2,1-2H3,(H,33,37)/b24-19+. The molecule has 0 saturated heterocycles. The number of nitrogens with one attached hydrogen (secondary N) is 2. The van der Waals surface area contributed by atoms with Gasteiger partial charge in [0.15, 0.2) is 17.9 Å². The molecule has 0 aliphatic heterocycles. The molecule has 0 unspecified atom stereocenters. The molecule has 4 aromatic rings. The maximum absolute atomic E-state index is 15.0. The van der Waals surface area contributed by atoms with Crippen molar-refractivity contribution in [2.75, 3.05) is 30.9 Å². The van der Waals surface area contributed by atoms with Crippen molar-refractivity contribution in [3.05, 3.63) is 96.1 Å². The largest absolute Gasteiger partial charge is 0.497 e. The number of aromatic nitrogens is 1. The molecule has 0 aliphatic rings. The van der Waals surface area contributed by atoms with E-state index in [1.807, 2.05) is 30.3 Å². The first kappa shape index (κ1) is 27.1. The molecule has 4 rings (SSSR count). The number of hydrogen-bond donors (Lipinski definition) is 3. The van der Waals surface area contributed by atoms with E-state index in [1.165, 1.54) is 12.1 Å². The molecule has 0 radical (unpaired) electrons. The molecule has 10 heteroatoms. The van der Waals surface area contributed by atoms with Crippen LogP contribution in [0, 0.1) is 5.82 Å². The van der Waals surface area contributed by atoms with E-state index in [1.54, 1.807) is 49.5 Å². The molecule has 1 amide bonds. The van der Waals surface area contributed by atoms with Crippen LogP contribution in [0.15, 0.2) is 90.3 Å². The third-order valence-electron chi connectivity index (χ3n) is 5.87. The van der Waals surface area contributed by atoms with E-state index in [9.17, 15) is 14.0 Å². The Morgan fingerprint density at radius 2 is 1.85 bits per heavy atom. The molecule has 0 saturated carbocycles. The summed E-state index contributed by atoms with van der Waals surface area (Å²) in [6.07, 6.45) is 2.01. The Morgan fingerprint density at radius 1 is 1.05 bits per heavy atom. The molecular formula is C29H28FN5O4. The van der Waals surface area contributed by atoms with Gasteiger partial charge in [0.1, 0.15) is 17.1 Å². The second-order valence-electron chi connectivity index (χ2n) is 8.43. The van der Waals surface area contributed by atoms with Crippen molar-refractivity contribution >= 4 is 34.5 Å². The van der Waals surface area contributed by atoms with Crippen LogP contribution in [0.25, 0.3) is 10.9 Å². The molecule has 0 fully saturated rings. The minimum absolute atomic E-state index is 0.0418. The smallest absolute Gasteiger partial charge is 0.260 e. The minimum Gasteiger partial charge on any atom is -0.497 e. The lowest BCUT2D eigenvalue weighted by Crippen LogP contribution is -2.35. The molecule has 0 spiro atoms. The number of anilines is 2. The number of hydrazine groups is 1. The monoisotopic (exact) mass is 529 g/mol. The van der Waals surface area contributed by atoms with Crippen molar-refractivity contribution < 1.29 is 23.5 Å². The zero-order valence-electron chi connectivity index (χ0n) is 21.5. The van der Waals surface area contributed by atoms with E-state index in [0.29, 0.717) is 40.9 Å². The summed E-state index contributed by atoms with van der Waals surface area (Å²) >= 11 is 0. The molecule has 4 N–H and O–H groups in total. The maximum Gasteiger partial charge on any atom is 0.260 e. The van der Waals surface area contributed by atoms with E-state index < -0.39 is 11.7 Å². The second-order valence-corrected chi connectivity index (χ2v) is 8.43. The molecule has 200 valence electrons. The van der Waals surface area contributed by atoms with E-state index in [4.69, 9.17) is 15.2 Å². The summed E-state index contributed by atoms with van der Waals surface area (Å²) in [6, 6.07) is 20.2. The molecule has 39 heavy (non-hydrogen) atoms. The Morgan fingerprint density at radius 3 is 2.54 bits per heavy atom. The number of fused-ring (bicyclic) bond motifs is 1. The third kappa shape index (κ3) is 6.49. The average Bonchev–Trinajstić information content (AvgIpc) is 2.95. The van der Waals surface area contributed by atoms with Gasteiger partial charge in [0.2, 0.25) is 0 Å². The van der Waals surface area contributed by atoms with Crippen LogP contribution in [0.3, 0.4) is 0 Å². The maximum atomic E-state index is 15.0. The number of amides is 1. The number of allylic oxidation sites excluding steroid dienone is 1. The third-order valence-corrected chi connectivity index (χ3v) is 5.87. The number of pyridine rings is 1. The van der Waals surface area contributed by atoms with E-state index in [2.05, 4.69) is 15.7 Å². The van der Waals surface area contributed by atoms with Gasteiger partial charge < -0.3 is 20.5 Å². The average molecular weight is 530 g/mol. The number of hydrogen-bond acceptors (Lipinski definition) is 8. The molecule has 1 aromatic heterocycles. The van der Waals surface area contributed by atoms with Crippen LogP contribution in [0.1, 0.15) is 6.92 Å². The molecule has 1 heterocycles. The van der Waals surface area contributed by atoms with Gasteiger partial charge in [-0.1, -0.05) is 18.2 Å². The number of ether oxygens (including phenoxy) is 2. The van der Waals surface area contributed by atoms with Gasteiger partial charge in [-0.15, -0.1) is 0 Å². The van der Waals surface area contributed by atoms with Gasteiger partial charge in [-0.3, -0.25) is 25.0 Å². The number of benzene rings is 3. The highest BCUT2D eigenvalue weighted by molar-refractivity contribution is 6.17. The van der Waals surface area contributed by atoms with Gasteiger partial charge in [0, 0.05) is 41.6 Å². The lowest BCUT2D eigenvalue weighted by atomic mass is 10.2. The first-order valence-electron chi connectivity index (χ1n) is 12.1. The summed E-state index contributed by atoms with van der Waals surface area (Å²) in [6.45, 7) is 2.24. The topological polar surface area (TPSA) is 119 Å². The zero-order valence-corrected chi connectivity index (χ0v) is 21.5. The summed E-state index contributed by atoms with van der Waals surface area (Å²) in [4.78, 5) is 29.2. The Labute approximate surface area is 225 Å². The van der Waals surface area contributed by atoms with Gasteiger partial charge in [-0.25, -0.2) is 4.39 Å². The Bertz CT molecular complexity index is 1510. The first-order valence-corrected chi connectivity index (χ1v) is 12.1. The fraction of sp³-hybridized carbons (Fsp3) is 0.138. The predicted molar refractivity (Wildman–Crippen MR) is 148 cm³/mol. The summed E-state index contributed by atoms with van der Waals surface area (Å²) < 4.78 is 26.0. The van der Waals surface area contributed by atoms with Crippen LogP contribution in [-0.4, -0.2) is 42.4 Å². The highest BCUT2D eigenvalue weighted by Gasteiger charge is 2.18. The number of aldehydes is 1. The molecular weight excluding hydrogens is 501 g/mol. The number of carbonyl (C=O) groups is 2. The Balaban J connectivity index is 1.52. The fourth-order valence-corrected chi connectivity index (χ4v) is 3.85. The number of carbonyl (C=O) groups excluding carboxylic acids is 2. The first-order chi connectivity index (χ1) is 18.9. The van der Waals surface area contributed by atoms with Crippen molar-refractivity contribution in [2.45, 2.75) is 6.92 Å². The van der Waals surface area contributed by atoms with Crippen LogP contribution in [0.2, 0.25) is 0 Å². The number of nitrogens with zero attached hydrogens (tertiary/aromatic N) is 2. The van der Waals surface area contributed by atoms with Crippen LogP contribution in [-0.2, 0) is 9.59 Å². The highest BCUT2D eigenvalue weighted by atomic mass is 19.1. The summed E-state index contributed by atoms with van der Waals surface area (Å²) in [5.41, 5.74) is 10.6. The second kappa shape index (κ2) is 12.5. The number of methoxy groups -OCH3 is 1. The van der Waals surface area contributed by atoms with Crippen molar-refractivity contribution in [1.82, 2.24) is 9.99 Å². The van der Waals surface area contributed by atoms with Crippen LogP contribution in [0.5, 0.6) is 17.2 Å².